The summed E-state index contributed by atoms with van der Waals surface area (Å²) in [4.78, 5) is 23.0. The van der Waals surface area contributed by atoms with Gasteiger partial charge in [-0.15, -0.1) is 0 Å². The Bertz CT molecular complexity index is 708. The zero-order chi connectivity index (χ0) is 16.9. The van der Waals surface area contributed by atoms with E-state index in [1.807, 2.05) is 32.0 Å². The summed E-state index contributed by atoms with van der Waals surface area (Å²) >= 11 is 0. The SMILES string of the molecule is Cc1ccc(NC(=O)Nc2cnc(N3CCCCC3)nc2)c(C)c1. The number of anilines is 3. The number of nitrogens with one attached hydrogen (secondary N) is 2. The van der Waals surface area contributed by atoms with E-state index in [1.165, 1.54) is 24.8 Å². The van der Waals surface area contributed by atoms with Gasteiger partial charge in [0.15, 0.2) is 0 Å². The highest BCUT2D eigenvalue weighted by molar-refractivity contribution is 6.00. The molecule has 6 heteroatoms. The van der Waals surface area contributed by atoms with Crippen LogP contribution >= 0.6 is 0 Å². The van der Waals surface area contributed by atoms with E-state index in [0.29, 0.717) is 5.69 Å². The summed E-state index contributed by atoms with van der Waals surface area (Å²) in [5.41, 5.74) is 3.57. The van der Waals surface area contributed by atoms with Gasteiger partial charge in [0, 0.05) is 18.8 Å². The van der Waals surface area contributed by atoms with Gasteiger partial charge < -0.3 is 15.5 Å². The first-order valence-electron chi connectivity index (χ1n) is 8.34. The maximum Gasteiger partial charge on any atom is 0.323 e. The Hall–Kier alpha value is -2.63. The van der Waals surface area contributed by atoms with Crippen molar-refractivity contribution in [3.8, 4) is 0 Å². The zero-order valence-corrected chi connectivity index (χ0v) is 14.2. The standard InChI is InChI=1S/C18H23N5O/c1-13-6-7-16(14(2)10-13)22-18(24)21-15-11-19-17(20-12-15)23-8-4-3-5-9-23/h6-7,10-12H,3-5,8-9H2,1-2H3,(H2,21,22,24). The molecule has 2 heterocycles. The van der Waals surface area contributed by atoms with Crippen molar-refractivity contribution >= 4 is 23.4 Å². The van der Waals surface area contributed by atoms with Crippen LogP contribution in [0.5, 0.6) is 0 Å². The number of amides is 2. The molecule has 0 spiro atoms. The Morgan fingerprint density at radius 1 is 1.04 bits per heavy atom. The molecule has 2 N–H and O–H groups in total. The molecule has 0 aliphatic carbocycles. The lowest BCUT2D eigenvalue weighted by molar-refractivity contribution is 0.262. The van der Waals surface area contributed by atoms with Gasteiger partial charge in [0.05, 0.1) is 18.1 Å². The van der Waals surface area contributed by atoms with Crippen molar-refractivity contribution in [1.29, 1.82) is 0 Å². The van der Waals surface area contributed by atoms with Crippen molar-refractivity contribution < 1.29 is 4.79 Å². The molecular formula is C18H23N5O. The second-order valence-corrected chi connectivity index (χ2v) is 6.22. The Morgan fingerprint density at radius 3 is 2.42 bits per heavy atom. The number of aromatic nitrogens is 2. The highest BCUT2D eigenvalue weighted by atomic mass is 16.2. The topological polar surface area (TPSA) is 70.2 Å². The maximum atomic E-state index is 12.1. The van der Waals surface area contributed by atoms with Crippen molar-refractivity contribution in [1.82, 2.24) is 9.97 Å². The third kappa shape index (κ3) is 4.01. The van der Waals surface area contributed by atoms with Crippen LogP contribution in [0.25, 0.3) is 0 Å². The molecule has 126 valence electrons. The number of hydrogen-bond acceptors (Lipinski definition) is 4. The molecule has 2 aromatic rings. The summed E-state index contributed by atoms with van der Waals surface area (Å²) in [6.45, 7) is 6.00. The molecule has 24 heavy (non-hydrogen) atoms. The molecule has 1 saturated heterocycles. The molecule has 2 amide bonds. The van der Waals surface area contributed by atoms with E-state index in [2.05, 4.69) is 25.5 Å². The molecule has 0 saturated carbocycles. The van der Waals surface area contributed by atoms with Crippen LogP contribution < -0.4 is 15.5 Å². The average molecular weight is 325 g/mol. The Labute approximate surface area is 142 Å². The quantitative estimate of drug-likeness (QED) is 0.902. The number of piperidine rings is 1. The highest BCUT2D eigenvalue weighted by Crippen LogP contribution is 2.18. The third-order valence-corrected chi connectivity index (χ3v) is 4.17. The van der Waals surface area contributed by atoms with E-state index >= 15 is 0 Å². The van der Waals surface area contributed by atoms with Gasteiger partial charge in [0.1, 0.15) is 0 Å². The van der Waals surface area contributed by atoms with Crippen molar-refractivity contribution in [3.63, 3.8) is 0 Å². The molecule has 0 unspecified atom stereocenters. The largest absolute Gasteiger partial charge is 0.341 e. The zero-order valence-electron chi connectivity index (χ0n) is 14.2. The predicted octanol–water partition coefficient (Wildman–Crippen LogP) is 3.73. The fourth-order valence-corrected chi connectivity index (χ4v) is 2.88. The van der Waals surface area contributed by atoms with Crippen LogP contribution in [0.2, 0.25) is 0 Å². The average Bonchev–Trinajstić information content (AvgIpc) is 2.59. The third-order valence-electron chi connectivity index (χ3n) is 4.17. The van der Waals surface area contributed by atoms with Crippen LogP contribution in [0.3, 0.4) is 0 Å². The van der Waals surface area contributed by atoms with Gasteiger partial charge in [-0.05, 0) is 44.7 Å². The molecular weight excluding hydrogens is 302 g/mol. The molecule has 1 fully saturated rings. The van der Waals surface area contributed by atoms with Crippen LogP contribution in [-0.2, 0) is 0 Å². The summed E-state index contributed by atoms with van der Waals surface area (Å²) in [5, 5.41) is 5.62. The second-order valence-electron chi connectivity index (χ2n) is 6.22. The van der Waals surface area contributed by atoms with Gasteiger partial charge in [-0.3, -0.25) is 0 Å². The van der Waals surface area contributed by atoms with Crippen molar-refractivity contribution in [2.45, 2.75) is 33.1 Å². The maximum absolute atomic E-state index is 12.1. The monoisotopic (exact) mass is 325 g/mol. The Balaban J connectivity index is 1.59. The second kappa shape index (κ2) is 7.29. The lowest BCUT2D eigenvalue weighted by atomic mass is 10.1. The number of hydrogen-bond donors (Lipinski definition) is 2. The minimum atomic E-state index is -0.295. The Kier molecular flexibility index (Phi) is 4.93. The lowest BCUT2D eigenvalue weighted by Gasteiger charge is -2.26. The fourth-order valence-electron chi connectivity index (χ4n) is 2.88. The van der Waals surface area contributed by atoms with E-state index in [-0.39, 0.29) is 6.03 Å². The molecule has 6 nitrogen and oxygen atoms in total. The number of carbonyl (C=O) groups excluding carboxylic acids is 1. The molecule has 1 aromatic carbocycles. The number of urea groups is 1. The Morgan fingerprint density at radius 2 is 1.75 bits per heavy atom. The fraction of sp³-hybridized carbons (Fsp3) is 0.389. The van der Waals surface area contributed by atoms with Crippen LogP contribution in [0.1, 0.15) is 30.4 Å². The van der Waals surface area contributed by atoms with Crippen molar-refractivity contribution in [2.24, 2.45) is 0 Å². The molecule has 0 radical (unpaired) electrons. The minimum Gasteiger partial charge on any atom is -0.341 e. The van der Waals surface area contributed by atoms with E-state index in [1.54, 1.807) is 12.4 Å². The van der Waals surface area contributed by atoms with Crippen LogP contribution in [0.4, 0.5) is 22.1 Å². The first-order valence-corrected chi connectivity index (χ1v) is 8.34. The van der Waals surface area contributed by atoms with Crippen LogP contribution in [0, 0.1) is 13.8 Å². The van der Waals surface area contributed by atoms with Gasteiger partial charge in [0.2, 0.25) is 5.95 Å². The van der Waals surface area contributed by atoms with E-state index in [4.69, 9.17) is 0 Å². The minimum absolute atomic E-state index is 0.295. The van der Waals surface area contributed by atoms with Gasteiger partial charge >= 0.3 is 6.03 Å². The van der Waals surface area contributed by atoms with E-state index in [0.717, 1.165) is 30.3 Å². The predicted molar refractivity (Wildman–Crippen MR) is 96.7 cm³/mol. The summed E-state index contributed by atoms with van der Waals surface area (Å²) in [6, 6.07) is 5.61. The first kappa shape index (κ1) is 16.2. The van der Waals surface area contributed by atoms with Crippen LogP contribution in [-0.4, -0.2) is 29.1 Å². The van der Waals surface area contributed by atoms with Gasteiger partial charge in [0.25, 0.3) is 0 Å². The lowest BCUT2D eigenvalue weighted by Crippen LogP contribution is -2.31. The highest BCUT2D eigenvalue weighted by Gasteiger charge is 2.13. The molecule has 1 aliphatic heterocycles. The van der Waals surface area contributed by atoms with Gasteiger partial charge in [-0.1, -0.05) is 17.7 Å². The molecule has 3 rings (SSSR count). The number of benzene rings is 1. The summed E-state index contributed by atoms with van der Waals surface area (Å²) in [5.74, 6) is 0.732. The number of aryl methyl sites for hydroxylation is 2. The summed E-state index contributed by atoms with van der Waals surface area (Å²) < 4.78 is 0. The van der Waals surface area contributed by atoms with E-state index < -0.39 is 0 Å². The molecule has 1 aromatic heterocycles. The smallest absolute Gasteiger partial charge is 0.323 e. The molecule has 0 atom stereocenters. The van der Waals surface area contributed by atoms with Gasteiger partial charge in [-0.2, -0.15) is 0 Å². The van der Waals surface area contributed by atoms with Crippen LogP contribution in [0.15, 0.2) is 30.6 Å². The normalized spacial score (nSPS) is 14.3. The van der Waals surface area contributed by atoms with Crippen molar-refractivity contribution in [3.05, 3.63) is 41.7 Å². The van der Waals surface area contributed by atoms with Gasteiger partial charge in [-0.25, -0.2) is 14.8 Å². The summed E-state index contributed by atoms with van der Waals surface area (Å²) in [6.07, 6.45) is 6.94. The molecule has 0 bridgehead atoms. The molecule has 1 aliphatic rings. The van der Waals surface area contributed by atoms with Crippen molar-refractivity contribution in [2.75, 3.05) is 28.6 Å². The summed E-state index contributed by atoms with van der Waals surface area (Å²) in [7, 11) is 0. The first-order chi connectivity index (χ1) is 11.6. The van der Waals surface area contributed by atoms with E-state index in [9.17, 15) is 4.79 Å². The number of rotatable bonds is 3. The number of nitrogens with zero attached hydrogens (tertiary/aromatic N) is 3. The number of carbonyl (C=O) groups is 1.